The van der Waals surface area contributed by atoms with Crippen molar-refractivity contribution in [2.75, 3.05) is 26.7 Å². The maximum Gasteiger partial charge on any atom is 0.311 e. The zero-order valence-corrected chi connectivity index (χ0v) is 13.1. The molecule has 22 heavy (non-hydrogen) atoms. The molecule has 0 saturated carbocycles. The summed E-state index contributed by atoms with van der Waals surface area (Å²) in [6.45, 7) is 2.49. The number of carbonyl (C=O) groups is 1. The third-order valence-electron chi connectivity index (χ3n) is 3.59. The van der Waals surface area contributed by atoms with E-state index in [1.807, 2.05) is 0 Å². The maximum atomic E-state index is 12.1. The highest BCUT2D eigenvalue weighted by molar-refractivity contribution is 5.95. The molecule has 0 aromatic heterocycles. The summed E-state index contributed by atoms with van der Waals surface area (Å²) in [7, 11) is 1.36. The molecule has 7 nitrogen and oxygen atoms in total. The highest BCUT2D eigenvalue weighted by Crippen LogP contribution is 2.27. The first-order valence-corrected chi connectivity index (χ1v) is 6.93. The summed E-state index contributed by atoms with van der Waals surface area (Å²) >= 11 is 0. The van der Waals surface area contributed by atoms with Crippen LogP contribution in [0.5, 0.6) is 5.75 Å². The Kier molecular flexibility index (Phi) is 7.07. The number of benzene rings is 1. The molecule has 1 aromatic rings. The number of nitro benzene ring substituents is 1. The molecule has 1 amide bonds. The van der Waals surface area contributed by atoms with Gasteiger partial charge < -0.3 is 15.4 Å². The van der Waals surface area contributed by atoms with Crippen LogP contribution in [0.1, 0.15) is 23.2 Å². The van der Waals surface area contributed by atoms with E-state index in [0.29, 0.717) is 12.5 Å². The quantitative estimate of drug-likeness (QED) is 0.634. The second kappa shape index (κ2) is 8.55. The molecule has 0 spiro atoms. The van der Waals surface area contributed by atoms with Crippen LogP contribution in [0.4, 0.5) is 5.69 Å². The summed E-state index contributed by atoms with van der Waals surface area (Å²) in [4.78, 5) is 22.5. The second-order valence-electron chi connectivity index (χ2n) is 5.07. The van der Waals surface area contributed by atoms with Gasteiger partial charge in [-0.25, -0.2) is 0 Å². The standard InChI is InChI=1S/C14H19N3O4.ClH/c1-21-13-5-4-11(7-12(13)17(19)20)14(18)16-9-10-3-2-6-15-8-10;/h4-5,7,10,15H,2-3,6,8-9H2,1H3,(H,16,18);1H. The largest absolute Gasteiger partial charge is 0.490 e. The Morgan fingerprint density at radius 2 is 2.32 bits per heavy atom. The molecule has 8 heteroatoms. The molecule has 1 aliphatic rings. The van der Waals surface area contributed by atoms with Crippen LogP contribution in [-0.4, -0.2) is 37.6 Å². The van der Waals surface area contributed by atoms with Crippen LogP contribution in [0.2, 0.25) is 0 Å². The molecular weight excluding hydrogens is 310 g/mol. The smallest absolute Gasteiger partial charge is 0.311 e. The number of hydrogen-bond acceptors (Lipinski definition) is 5. The lowest BCUT2D eigenvalue weighted by Crippen LogP contribution is -2.38. The molecule has 2 N–H and O–H groups in total. The molecule has 0 radical (unpaired) electrons. The SMILES string of the molecule is COc1ccc(C(=O)NCC2CCCNC2)cc1[N+](=O)[O-].Cl. The predicted molar refractivity (Wildman–Crippen MR) is 84.8 cm³/mol. The second-order valence-corrected chi connectivity index (χ2v) is 5.07. The predicted octanol–water partition coefficient (Wildman–Crippen LogP) is 1.75. The summed E-state index contributed by atoms with van der Waals surface area (Å²) in [5.74, 6) is 0.260. The van der Waals surface area contributed by atoms with Crippen LogP contribution in [-0.2, 0) is 0 Å². The van der Waals surface area contributed by atoms with Gasteiger partial charge in [-0.05, 0) is 44.0 Å². The molecule has 1 aromatic carbocycles. The van der Waals surface area contributed by atoms with Gasteiger partial charge in [0.15, 0.2) is 5.75 Å². The van der Waals surface area contributed by atoms with Crippen molar-refractivity contribution in [2.45, 2.75) is 12.8 Å². The number of hydrogen-bond donors (Lipinski definition) is 2. The lowest BCUT2D eigenvalue weighted by atomic mass is 9.99. The number of nitro groups is 1. The van der Waals surface area contributed by atoms with Crippen LogP contribution >= 0.6 is 12.4 Å². The molecule has 1 fully saturated rings. The number of carbonyl (C=O) groups excluding carboxylic acids is 1. The van der Waals surface area contributed by atoms with Gasteiger partial charge in [0, 0.05) is 18.2 Å². The molecule has 0 bridgehead atoms. The van der Waals surface area contributed by atoms with Gasteiger partial charge in [-0.15, -0.1) is 12.4 Å². The number of ether oxygens (including phenoxy) is 1. The molecule has 1 heterocycles. The van der Waals surface area contributed by atoms with Gasteiger partial charge in [-0.2, -0.15) is 0 Å². The number of nitrogens with zero attached hydrogens (tertiary/aromatic N) is 1. The summed E-state index contributed by atoms with van der Waals surface area (Å²) in [5, 5.41) is 17.1. The Labute approximate surface area is 135 Å². The minimum absolute atomic E-state index is 0. The van der Waals surface area contributed by atoms with E-state index in [1.54, 1.807) is 0 Å². The Bertz CT molecular complexity index is 533. The molecule has 1 atom stereocenters. The van der Waals surface area contributed by atoms with Crippen LogP contribution < -0.4 is 15.4 Å². The van der Waals surface area contributed by atoms with Crippen LogP contribution in [0.25, 0.3) is 0 Å². The molecule has 122 valence electrons. The minimum atomic E-state index is -0.555. The highest BCUT2D eigenvalue weighted by Gasteiger charge is 2.19. The first-order valence-electron chi connectivity index (χ1n) is 6.93. The number of amides is 1. The first-order chi connectivity index (χ1) is 10.1. The Balaban J connectivity index is 0.00000242. The van der Waals surface area contributed by atoms with E-state index in [-0.39, 0.29) is 35.3 Å². The van der Waals surface area contributed by atoms with E-state index >= 15 is 0 Å². The fourth-order valence-corrected chi connectivity index (χ4v) is 2.41. The van der Waals surface area contributed by atoms with E-state index < -0.39 is 4.92 Å². The van der Waals surface area contributed by atoms with Crippen LogP contribution in [0.15, 0.2) is 18.2 Å². The van der Waals surface area contributed by atoms with Crippen molar-refractivity contribution < 1.29 is 14.5 Å². The summed E-state index contributed by atoms with van der Waals surface area (Å²) in [5.41, 5.74) is 0.0655. The van der Waals surface area contributed by atoms with E-state index in [9.17, 15) is 14.9 Å². The number of rotatable bonds is 5. The van der Waals surface area contributed by atoms with Crippen molar-refractivity contribution in [3.8, 4) is 5.75 Å². The van der Waals surface area contributed by atoms with Gasteiger partial charge in [0.1, 0.15) is 0 Å². The summed E-state index contributed by atoms with van der Waals surface area (Å²) < 4.78 is 4.91. The van der Waals surface area contributed by atoms with E-state index in [1.165, 1.54) is 25.3 Å². The van der Waals surface area contributed by atoms with E-state index in [2.05, 4.69) is 10.6 Å². The van der Waals surface area contributed by atoms with Crippen molar-refractivity contribution in [3.63, 3.8) is 0 Å². The fraction of sp³-hybridized carbons (Fsp3) is 0.500. The van der Waals surface area contributed by atoms with Crippen LogP contribution in [0, 0.1) is 16.0 Å². The van der Waals surface area contributed by atoms with Gasteiger partial charge in [-0.3, -0.25) is 14.9 Å². The van der Waals surface area contributed by atoms with Crippen molar-refractivity contribution in [1.82, 2.24) is 10.6 Å². The number of methoxy groups -OCH3 is 1. The van der Waals surface area contributed by atoms with Gasteiger partial charge >= 0.3 is 5.69 Å². The minimum Gasteiger partial charge on any atom is -0.490 e. The van der Waals surface area contributed by atoms with Crippen molar-refractivity contribution in [3.05, 3.63) is 33.9 Å². The Hall–Kier alpha value is -1.86. The van der Waals surface area contributed by atoms with Crippen molar-refractivity contribution in [2.24, 2.45) is 5.92 Å². The normalized spacial score (nSPS) is 17.2. The molecule has 2 rings (SSSR count). The average Bonchev–Trinajstić information content (AvgIpc) is 2.52. The van der Waals surface area contributed by atoms with Gasteiger partial charge in [0.05, 0.1) is 12.0 Å². The average molecular weight is 330 g/mol. The number of nitrogens with one attached hydrogen (secondary N) is 2. The fourth-order valence-electron chi connectivity index (χ4n) is 2.41. The van der Waals surface area contributed by atoms with Gasteiger partial charge in [0.2, 0.25) is 0 Å². The zero-order valence-electron chi connectivity index (χ0n) is 12.3. The number of piperidine rings is 1. The first kappa shape index (κ1) is 18.2. The molecular formula is C14H20ClN3O4. The zero-order chi connectivity index (χ0) is 15.2. The molecule has 1 aliphatic heterocycles. The van der Waals surface area contributed by atoms with Crippen molar-refractivity contribution in [1.29, 1.82) is 0 Å². The molecule has 1 unspecified atom stereocenters. The van der Waals surface area contributed by atoms with E-state index in [4.69, 9.17) is 4.74 Å². The Morgan fingerprint density at radius 1 is 1.55 bits per heavy atom. The Morgan fingerprint density at radius 3 is 2.91 bits per heavy atom. The monoisotopic (exact) mass is 329 g/mol. The number of halogens is 1. The topological polar surface area (TPSA) is 93.5 Å². The maximum absolute atomic E-state index is 12.1. The molecule has 0 aliphatic carbocycles. The van der Waals surface area contributed by atoms with E-state index in [0.717, 1.165) is 25.9 Å². The van der Waals surface area contributed by atoms with Crippen LogP contribution in [0.3, 0.4) is 0 Å². The van der Waals surface area contributed by atoms with Gasteiger partial charge in [0.25, 0.3) is 5.91 Å². The lowest BCUT2D eigenvalue weighted by Gasteiger charge is -2.22. The summed E-state index contributed by atoms with van der Waals surface area (Å²) in [6.07, 6.45) is 2.19. The summed E-state index contributed by atoms with van der Waals surface area (Å²) in [6, 6.07) is 4.21. The van der Waals surface area contributed by atoms with Crippen molar-refractivity contribution >= 4 is 24.0 Å². The lowest BCUT2D eigenvalue weighted by molar-refractivity contribution is -0.385. The third-order valence-corrected chi connectivity index (χ3v) is 3.59. The van der Waals surface area contributed by atoms with Gasteiger partial charge in [-0.1, -0.05) is 0 Å². The molecule has 1 saturated heterocycles. The third kappa shape index (κ3) is 4.57. The highest BCUT2D eigenvalue weighted by atomic mass is 35.5.